The number of anilines is 1. The minimum Gasteiger partial charge on any atom is -0.465 e. The Hall–Kier alpha value is -1.79. The van der Waals surface area contributed by atoms with Crippen molar-refractivity contribution in [2.45, 2.75) is 57.9 Å². The van der Waals surface area contributed by atoms with Crippen molar-refractivity contribution in [1.29, 1.82) is 0 Å². The van der Waals surface area contributed by atoms with Gasteiger partial charge in [0.1, 0.15) is 5.00 Å². The van der Waals surface area contributed by atoms with Gasteiger partial charge in [0.05, 0.1) is 12.7 Å². The van der Waals surface area contributed by atoms with E-state index in [-0.39, 0.29) is 6.04 Å². The maximum absolute atomic E-state index is 12.2. The van der Waals surface area contributed by atoms with Crippen LogP contribution in [0.5, 0.6) is 0 Å². The van der Waals surface area contributed by atoms with E-state index in [1.54, 1.807) is 4.90 Å². The molecule has 2 heterocycles. The molecule has 0 spiro atoms. The Bertz CT molecular complexity index is 825. The molecule has 1 aromatic heterocycles. The minimum atomic E-state index is -0.404. The zero-order valence-corrected chi connectivity index (χ0v) is 20.2. The lowest BCUT2D eigenvalue weighted by Gasteiger charge is -2.30. The van der Waals surface area contributed by atoms with Crippen LogP contribution in [0.3, 0.4) is 0 Å². The number of amides is 1. The number of benzene rings is 1. The van der Waals surface area contributed by atoms with Gasteiger partial charge in [-0.1, -0.05) is 69.4 Å². The lowest BCUT2D eigenvalue weighted by molar-refractivity contribution is -0.107. The van der Waals surface area contributed by atoms with Crippen molar-refractivity contribution < 1.29 is 14.3 Å². The third-order valence-corrected chi connectivity index (χ3v) is 8.34. The first-order valence-electron chi connectivity index (χ1n) is 11.2. The van der Waals surface area contributed by atoms with Crippen molar-refractivity contribution in [3.63, 3.8) is 0 Å². The molecule has 1 aliphatic carbocycles. The van der Waals surface area contributed by atoms with Crippen LogP contribution in [0, 0.1) is 5.92 Å². The summed E-state index contributed by atoms with van der Waals surface area (Å²) in [6.45, 7) is 2.36. The Balaban J connectivity index is 0.000000330. The molecule has 2 fully saturated rings. The van der Waals surface area contributed by atoms with Crippen LogP contribution in [0.25, 0.3) is 10.4 Å². The number of hydrogen-bond acceptors (Lipinski definition) is 5. The standard InChI is InChI=1S/C18H19NO3S2.C7H14/c1-22-18(21)15-10-16(13-6-3-2-4-7-13)24-17(15)19(12-20)14-8-5-9-23-11-14;1-7-5-3-2-4-6-7/h2-4,6-7,10,12,14H,5,8-9,11H2,1H3;7H,2-6H2,1H3. The van der Waals surface area contributed by atoms with Crippen LogP contribution in [0.2, 0.25) is 0 Å². The molecule has 1 aliphatic heterocycles. The van der Waals surface area contributed by atoms with Crippen molar-refractivity contribution in [3.8, 4) is 10.4 Å². The zero-order valence-electron chi connectivity index (χ0n) is 18.5. The fraction of sp³-hybridized carbons (Fsp3) is 0.520. The van der Waals surface area contributed by atoms with Crippen LogP contribution in [0.15, 0.2) is 36.4 Å². The zero-order chi connectivity index (χ0) is 22.1. The molecule has 4 nitrogen and oxygen atoms in total. The molecule has 6 heteroatoms. The average Bonchev–Trinajstić information content (AvgIpc) is 3.26. The predicted octanol–water partition coefficient (Wildman–Crippen LogP) is 6.65. The second-order valence-electron chi connectivity index (χ2n) is 8.31. The summed E-state index contributed by atoms with van der Waals surface area (Å²) in [6, 6.07) is 11.8. The van der Waals surface area contributed by atoms with E-state index in [1.807, 2.05) is 48.2 Å². The van der Waals surface area contributed by atoms with E-state index in [4.69, 9.17) is 4.74 Å². The topological polar surface area (TPSA) is 46.6 Å². The molecule has 1 amide bonds. The lowest BCUT2D eigenvalue weighted by Crippen LogP contribution is -2.38. The predicted molar refractivity (Wildman–Crippen MR) is 132 cm³/mol. The number of rotatable bonds is 5. The van der Waals surface area contributed by atoms with Gasteiger partial charge in [-0.15, -0.1) is 11.3 Å². The molecule has 1 aromatic carbocycles. The number of thioether (sulfide) groups is 1. The quantitative estimate of drug-likeness (QED) is 0.371. The number of ether oxygens (including phenoxy) is 1. The van der Waals surface area contributed by atoms with Crippen LogP contribution < -0.4 is 4.90 Å². The Morgan fingerprint density at radius 3 is 2.39 bits per heavy atom. The van der Waals surface area contributed by atoms with Gasteiger partial charge in [-0.05, 0) is 36.1 Å². The smallest absolute Gasteiger partial charge is 0.340 e. The molecule has 1 saturated carbocycles. The first kappa shape index (κ1) is 23.9. The van der Waals surface area contributed by atoms with Gasteiger partial charge in [0, 0.05) is 16.7 Å². The third-order valence-electron chi connectivity index (χ3n) is 5.95. The van der Waals surface area contributed by atoms with E-state index in [0.29, 0.717) is 10.6 Å². The molecule has 1 unspecified atom stereocenters. The molecule has 0 radical (unpaired) electrons. The highest BCUT2D eigenvalue weighted by atomic mass is 32.2. The summed E-state index contributed by atoms with van der Waals surface area (Å²) < 4.78 is 4.93. The van der Waals surface area contributed by atoms with Gasteiger partial charge >= 0.3 is 5.97 Å². The van der Waals surface area contributed by atoms with Gasteiger partial charge in [0.15, 0.2) is 0 Å². The Kier molecular flexibility index (Phi) is 9.47. The summed E-state index contributed by atoms with van der Waals surface area (Å²) in [7, 11) is 1.37. The molecular formula is C25H33NO3S2. The largest absolute Gasteiger partial charge is 0.465 e. The summed E-state index contributed by atoms with van der Waals surface area (Å²) in [5.41, 5.74) is 1.49. The molecule has 0 N–H and O–H groups in total. The van der Waals surface area contributed by atoms with Crippen molar-refractivity contribution in [2.75, 3.05) is 23.5 Å². The Morgan fingerprint density at radius 1 is 1.10 bits per heavy atom. The Morgan fingerprint density at radius 2 is 1.84 bits per heavy atom. The molecule has 1 saturated heterocycles. The minimum absolute atomic E-state index is 0.131. The molecule has 0 bridgehead atoms. The molecule has 2 aromatic rings. The Labute approximate surface area is 194 Å². The number of carbonyl (C=O) groups is 2. The number of methoxy groups -OCH3 is 1. The highest BCUT2D eigenvalue weighted by molar-refractivity contribution is 7.99. The van der Waals surface area contributed by atoms with Gasteiger partial charge in [-0.2, -0.15) is 11.8 Å². The van der Waals surface area contributed by atoms with Crippen molar-refractivity contribution >= 4 is 40.5 Å². The van der Waals surface area contributed by atoms with Gasteiger partial charge in [-0.25, -0.2) is 4.79 Å². The van der Waals surface area contributed by atoms with Crippen LogP contribution in [-0.4, -0.2) is 37.0 Å². The number of esters is 1. The second-order valence-corrected chi connectivity index (χ2v) is 10.5. The SMILES string of the molecule is CC1CCCCC1.COC(=O)c1cc(-c2ccccc2)sc1N(C=O)C1CCCSC1. The summed E-state index contributed by atoms with van der Waals surface area (Å²) in [5.74, 6) is 2.66. The van der Waals surface area contributed by atoms with Gasteiger partial charge < -0.3 is 9.64 Å². The van der Waals surface area contributed by atoms with E-state index in [0.717, 1.165) is 47.1 Å². The van der Waals surface area contributed by atoms with Gasteiger partial charge in [0.2, 0.25) is 6.41 Å². The van der Waals surface area contributed by atoms with E-state index in [2.05, 4.69) is 6.92 Å². The molecule has 31 heavy (non-hydrogen) atoms. The maximum Gasteiger partial charge on any atom is 0.340 e. The second kappa shape index (κ2) is 12.3. The summed E-state index contributed by atoms with van der Waals surface area (Å²) in [6.07, 6.45) is 10.3. The summed E-state index contributed by atoms with van der Waals surface area (Å²) in [4.78, 5) is 26.7. The summed E-state index contributed by atoms with van der Waals surface area (Å²) >= 11 is 3.32. The van der Waals surface area contributed by atoms with Gasteiger partial charge in [-0.3, -0.25) is 4.79 Å². The first-order chi connectivity index (χ1) is 15.1. The van der Waals surface area contributed by atoms with Crippen LogP contribution in [-0.2, 0) is 9.53 Å². The highest BCUT2D eigenvalue weighted by Crippen LogP contribution is 2.39. The highest BCUT2D eigenvalue weighted by Gasteiger charge is 2.28. The molecule has 2 aliphatic rings. The number of nitrogens with zero attached hydrogens (tertiary/aromatic N) is 1. The number of thiophene rings is 1. The third kappa shape index (κ3) is 6.59. The fourth-order valence-corrected chi connectivity index (χ4v) is 6.45. The fourth-order valence-electron chi connectivity index (χ4n) is 4.12. The van der Waals surface area contributed by atoms with Crippen LogP contribution >= 0.6 is 23.1 Å². The van der Waals surface area contributed by atoms with Crippen LogP contribution in [0.1, 0.15) is 62.2 Å². The molecular weight excluding hydrogens is 426 g/mol. The van der Waals surface area contributed by atoms with Crippen molar-refractivity contribution in [3.05, 3.63) is 42.0 Å². The molecule has 168 valence electrons. The molecule has 1 atom stereocenters. The monoisotopic (exact) mass is 459 g/mol. The molecule has 4 rings (SSSR count). The van der Waals surface area contributed by atoms with Crippen molar-refractivity contribution in [2.24, 2.45) is 5.92 Å². The number of hydrogen-bond donors (Lipinski definition) is 0. The number of carbonyl (C=O) groups excluding carboxylic acids is 2. The van der Waals surface area contributed by atoms with E-state index in [9.17, 15) is 9.59 Å². The first-order valence-corrected chi connectivity index (χ1v) is 13.2. The van der Waals surface area contributed by atoms with E-state index in [1.165, 1.54) is 50.6 Å². The average molecular weight is 460 g/mol. The maximum atomic E-state index is 12.2. The lowest BCUT2D eigenvalue weighted by atomic mass is 9.91. The van der Waals surface area contributed by atoms with Crippen LogP contribution in [0.4, 0.5) is 5.00 Å². The van der Waals surface area contributed by atoms with E-state index < -0.39 is 5.97 Å². The summed E-state index contributed by atoms with van der Waals surface area (Å²) in [5, 5.41) is 0.684. The van der Waals surface area contributed by atoms with Gasteiger partial charge in [0.25, 0.3) is 0 Å². The van der Waals surface area contributed by atoms with Crippen molar-refractivity contribution in [1.82, 2.24) is 0 Å². The normalized spacial score (nSPS) is 19.1. The van der Waals surface area contributed by atoms with E-state index >= 15 is 0 Å².